The molecule has 1 aliphatic heterocycles. The van der Waals surface area contributed by atoms with Crippen LogP contribution >= 0.6 is 22.9 Å². The number of nitrogens with zero attached hydrogens (tertiary/aromatic N) is 1. The van der Waals surface area contributed by atoms with Crippen molar-refractivity contribution in [1.29, 1.82) is 0 Å². The molecule has 2 aromatic rings. The molecule has 22 heavy (non-hydrogen) atoms. The molecule has 1 fully saturated rings. The number of amides is 1. The van der Waals surface area contributed by atoms with Crippen LogP contribution in [-0.4, -0.2) is 32.2 Å². The molecule has 3 rings (SSSR count). The van der Waals surface area contributed by atoms with Gasteiger partial charge in [0.1, 0.15) is 0 Å². The van der Waals surface area contributed by atoms with E-state index in [-0.39, 0.29) is 5.91 Å². The summed E-state index contributed by atoms with van der Waals surface area (Å²) in [5, 5.41) is 7.56. The Hall–Kier alpha value is -1.56. The minimum Gasteiger partial charge on any atom is -0.378 e. The quantitative estimate of drug-likeness (QED) is 0.930. The van der Waals surface area contributed by atoms with E-state index in [0.29, 0.717) is 24.7 Å². The third kappa shape index (κ3) is 3.80. The lowest BCUT2D eigenvalue weighted by molar-refractivity contribution is -0.115. The van der Waals surface area contributed by atoms with Crippen molar-refractivity contribution in [3.63, 3.8) is 0 Å². The molecule has 6 heteroatoms. The van der Waals surface area contributed by atoms with E-state index in [1.807, 2.05) is 29.0 Å². The van der Waals surface area contributed by atoms with E-state index in [2.05, 4.69) is 10.2 Å². The Kier molecular flexibility index (Phi) is 4.97. The monoisotopic (exact) mass is 336 g/mol. The van der Waals surface area contributed by atoms with Crippen LogP contribution in [0.3, 0.4) is 0 Å². The molecule has 1 N–H and O–H groups in total. The molecule has 0 spiro atoms. The van der Waals surface area contributed by atoms with Crippen LogP contribution in [0.5, 0.6) is 0 Å². The van der Waals surface area contributed by atoms with Gasteiger partial charge in [0.25, 0.3) is 0 Å². The SMILES string of the molecule is O=C(Cc1ccsc1)Nc1cc(Cl)ccc1N1CCOCC1. The zero-order valence-corrected chi connectivity index (χ0v) is 13.6. The molecule has 1 aromatic carbocycles. The zero-order valence-electron chi connectivity index (χ0n) is 12.0. The number of rotatable bonds is 4. The van der Waals surface area contributed by atoms with Gasteiger partial charge in [0.05, 0.1) is 31.0 Å². The largest absolute Gasteiger partial charge is 0.378 e. The fourth-order valence-corrected chi connectivity index (χ4v) is 3.30. The summed E-state index contributed by atoms with van der Waals surface area (Å²) in [7, 11) is 0. The van der Waals surface area contributed by atoms with Gasteiger partial charge in [0.15, 0.2) is 0 Å². The summed E-state index contributed by atoms with van der Waals surface area (Å²) in [6, 6.07) is 7.57. The molecule has 0 bridgehead atoms. The maximum absolute atomic E-state index is 12.2. The molecule has 2 heterocycles. The van der Waals surface area contributed by atoms with E-state index in [1.54, 1.807) is 17.4 Å². The molecule has 0 radical (unpaired) electrons. The maximum Gasteiger partial charge on any atom is 0.228 e. The highest BCUT2D eigenvalue weighted by Gasteiger charge is 2.16. The topological polar surface area (TPSA) is 41.6 Å². The number of morpholine rings is 1. The second-order valence-electron chi connectivity index (χ2n) is 5.12. The number of carbonyl (C=O) groups excluding carboxylic acids is 1. The van der Waals surface area contributed by atoms with Crippen LogP contribution < -0.4 is 10.2 Å². The van der Waals surface area contributed by atoms with Crippen LogP contribution in [0.2, 0.25) is 5.02 Å². The number of hydrogen-bond acceptors (Lipinski definition) is 4. The van der Waals surface area contributed by atoms with Gasteiger partial charge in [0, 0.05) is 18.1 Å². The van der Waals surface area contributed by atoms with Gasteiger partial charge in [-0.15, -0.1) is 0 Å². The predicted molar refractivity (Wildman–Crippen MR) is 91.1 cm³/mol. The average molecular weight is 337 g/mol. The molecular weight excluding hydrogens is 320 g/mol. The molecule has 1 amide bonds. The lowest BCUT2D eigenvalue weighted by atomic mass is 10.2. The Labute approximate surface area is 138 Å². The number of anilines is 2. The molecule has 0 aliphatic carbocycles. The van der Waals surface area contributed by atoms with Crippen molar-refractivity contribution in [2.24, 2.45) is 0 Å². The standard InChI is InChI=1S/C16H17ClN2O2S/c17-13-1-2-15(19-4-6-21-7-5-19)14(10-13)18-16(20)9-12-3-8-22-11-12/h1-3,8,10-11H,4-7,9H2,(H,18,20). The second-order valence-corrected chi connectivity index (χ2v) is 6.33. The Morgan fingerprint density at radius 2 is 2.14 bits per heavy atom. The third-order valence-electron chi connectivity index (χ3n) is 3.53. The highest BCUT2D eigenvalue weighted by Crippen LogP contribution is 2.30. The Balaban J connectivity index is 1.76. The van der Waals surface area contributed by atoms with E-state index >= 15 is 0 Å². The molecule has 116 valence electrons. The van der Waals surface area contributed by atoms with Crippen molar-refractivity contribution in [3.05, 3.63) is 45.6 Å². The zero-order chi connectivity index (χ0) is 15.4. The minimum atomic E-state index is -0.0322. The van der Waals surface area contributed by atoms with Crippen molar-refractivity contribution in [2.45, 2.75) is 6.42 Å². The third-order valence-corrected chi connectivity index (χ3v) is 4.50. The van der Waals surface area contributed by atoms with Gasteiger partial charge in [-0.05, 0) is 40.6 Å². The van der Waals surface area contributed by atoms with Crippen molar-refractivity contribution in [3.8, 4) is 0 Å². The van der Waals surface area contributed by atoms with Crippen LogP contribution in [0.1, 0.15) is 5.56 Å². The minimum absolute atomic E-state index is 0.0322. The van der Waals surface area contributed by atoms with Gasteiger partial charge in [-0.1, -0.05) is 11.6 Å². The number of halogens is 1. The maximum atomic E-state index is 12.2. The van der Waals surface area contributed by atoms with Gasteiger partial charge in [0.2, 0.25) is 5.91 Å². The van der Waals surface area contributed by atoms with Crippen LogP contribution in [0.15, 0.2) is 35.0 Å². The summed E-state index contributed by atoms with van der Waals surface area (Å²) in [6.07, 6.45) is 0.374. The summed E-state index contributed by atoms with van der Waals surface area (Å²) >= 11 is 7.68. The first-order valence-electron chi connectivity index (χ1n) is 7.15. The van der Waals surface area contributed by atoms with Gasteiger partial charge in [-0.2, -0.15) is 11.3 Å². The lowest BCUT2D eigenvalue weighted by Gasteiger charge is -2.30. The van der Waals surface area contributed by atoms with Crippen LogP contribution in [0.25, 0.3) is 0 Å². The number of hydrogen-bond donors (Lipinski definition) is 1. The Morgan fingerprint density at radius 3 is 2.86 bits per heavy atom. The van der Waals surface area contributed by atoms with Crippen molar-refractivity contribution >= 4 is 40.2 Å². The number of carbonyl (C=O) groups is 1. The first-order valence-corrected chi connectivity index (χ1v) is 8.47. The normalized spacial score (nSPS) is 14.9. The van der Waals surface area contributed by atoms with Gasteiger partial charge in [-0.25, -0.2) is 0 Å². The Bertz CT molecular complexity index is 640. The summed E-state index contributed by atoms with van der Waals surface area (Å²) < 4.78 is 5.38. The molecule has 1 aromatic heterocycles. The fourth-order valence-electron chi connectivity index (χ4n) is 2.46. The van der Waals surface area contributed by atoms with Crippen LogP contribution in [-0.2, 0) is 16.0 Å². The molecule has 0 saturated carbocycles. The van der Waals surface area contributed by atoms with Gasteiger partial charge in [-0.3, -0.25) is 4.79 Å². The highest BCUT2D eigenvalue weighted by molar-refractivity contribution is 7.08. The molecular formula is C16H17ClN2O2S. The Morgan fingerprint density at radius 1 is 1.32 bits per heavy atom. The molecule has 1 saturated heterocycles. The molecule has 0 unspecified atom stereocenters. The second kappa shape index (κ2) is 7.13. The first kappa shape index (κ1) is 15.3. The van der Waals surface area contributed by atoms with E-state index in [0.717, 1.165) is 30.0 Å². The summed E-state index contributed by atoms with van der Waals surface area (Å²) in [5.41, 5.74) is 2.78. The van der Waals surface area contributed by atoms with E-state index < -0.39 is 0 Å². The number of benzene rings is 1. The highest BCUT2D eigenvalue weighted by atomic mass is 35.5. The first-order chi connectivity index (χ1) is 10.7. The predicted octanol–water partition coefficient (Wildman–Crippen LogP) is 3.42. The van der Waals surface area contributed by atoms with Crippen molar-refractivity contribution in [1.82, 2.24) is 0 Å². The van der Waals surface area contributed by atoms with E-state index in [9.17, 15) is 4.79 Å². The summed E-state index contributed by atoms with van der Waals surface area (Å²) in [4.78, 5) is 14.4. The van der Waals surface area contributed by atoms with Crippen LogP contribution in [0.4, 0.5) is 11.4 Å². The summed E-state index contributed by atoms with van der Waals surface area (Å²) in [6.45, 7) is 3.03. The smallest absolute Gasteiger partial charge is 0.228 e. The molecule has 0 atom stereocenters. The average Bonchev–Trinajstić information content (AvgIpc) is 3.01. The molecule has 4 nitrogen and oxygen atoms in total. The van der Waals surface area contributed by atoms with E-state index in [1.165, 1.54) is 0 Å². The van der Waals surface area contributed by atoms with Gasteiger partial charge >= 0.3 is 0 Å². The van der Waals surface area contributed by atoms with Gasteiger partial charge < -0.3 is 15.0 Å². The lowest BCUT2D eigenvalue weighted by Crippen LogP contribution is -2.36. The van der Waals surface area contributed by atoms with Crippen molar-refractivity contribution in [2.75, 3.05) is 36.5 Å². The number of thiophene rings is 1. The number of nitrogens with one attached hydrogen (secondary N) is 1. The fraction of sp³-hybridized carbons (Fsp3) is 0.312. The van der Waals surface area contributed by atoms with Crippen molar-refractivity contribution < 1.29 is 9.53 Å². The summed E-state index contributed by atoms with van der Waals surface area (Å²) in [5.74, 6) is -0.0322. The van der Waals surface area contributed by atoms with Crippen LogP contribution in [0, 0.1) is 0 Å². The number of ether oxygens (including phenoxy) is 1. The molecule has 1 aliphatic rings. The van der Waals surface area contributed by atoms with E-state index in [4.69, 9.17) is 16.3 Å².